The Bertz CT molecular complexity index is 671. The quantitative estimate of drug-likeness (QED) is 0.797. The van der Waals surface area contributed by atoms with Gasteiger partial charge in [0.1, 0.15) is 11.2 Å². The molecule has 0 saturated heterocycles. The summed E-state index contributed by atoms with van der Waals surface area (Å²) in [4.78, 5) is 31.7. The van der Waals surface area contributed by atoms with Gasteiger partial charge in [-0.3, -0.25) is 4.79 Å². The molecule has 1 aliphatic heterocycles. The van der Waals surface area contributed by atoms with Crippen molar-refractivity contribution in [2.75, 3.05) is 7.11 Å². The Morgan fingerprint density at radius 3 is 2.70 bits per heavy atom. The topological polar surface area (TPSA) is 110 Å². The van der Waals surface area contributed by atoms with E-state index < -0.39 is 11.7 Å². The van der Waals surface area contributed by atoms with Crippen LogP contribution in [-0.4, -0.2) is 40.6 Å². The van der Waals surface area contributed by atoms with Crippen LogP contribution >= 0.6 is 0 Å². The second kappa shape index (κ2) is 6.33. The number of nitrogens with zero attached hydrogens (tertiary/aromatic N) is 2. The largest absolute Gasteiger partial charge is 0.511 e. The van der Waals surface area contributed by atoms with Crippen molar-refractivity contribution in [1.29, 1.82) is 0 Å². The summed E-state index contributed by atoms with van der Waals surface area (Å²) in [6, 6.07) is 1.50. The molecule has 1 aromatic heterocycles. The molecule has 1 atom stereocenters. The van der Waals surface area contributed by atoms with Crippen LogP contribution in [0.5, 0.6) is 5.75 Å². The molecular weight excluding hydrogens is 302 g/mol. The summed E-state index contributed by atoms with van der Waals surface area (Å²) in [6.45, 7) is 5.74. The molecule has 0 radical (unpaired) electrons. The van der Waals surface area contributed by atoms with Gasteiger partial charge in [-0.1, -0.05) is 13.8 Å². The smallest absolute Gasteiger partial charge is 0.449 e. The van der Waals surface area contributed by atoms with Gasteiger partial charge in [0.15, 0.2) is 11.6 Å². The summed E-state index contributed by atoms with van der Waals surface area (Å²) < 4.78 is 9.77. The van der Waals surface area contributed by atoms with Gasteiger partial charge in [0.2, 0.25) is 0 Å². The predicted molar refractivity (Wildman–Crippen MR) is 81.5 cm³/mol. The molecule has 1 unspecified atom stereocenters. The minimum atomic E-state index is -1.47. The van der Waals surface area contributed by atoms with Crippen molar-refractivity contribution in [1.82, 2.24) is 10.3 Å². The van der Waals surface area contributed by atoms with Crippen molar-refractivity contribution < 1.29 is 24.2 Å². The van der Waals surface area contributed by atoms with Crippen LogP contribution in [0.25, 0.3) is 0 Å². The molecular formula is C15H19N3O5. The molecule has 23 heavy (non-hydrogen) atoms. The number of ether oxygens (including phenoxy) is 2. The Labute approximate surface area is 133 Å². The van der Waals surface area contributed by atoms with E-state index in [9.17, 15) is 9.59 Å². The maximum Gasteiger partial charge on any atom is 0.511 e. The SMILES string of the molecule is COCc1cnc(C2=NC(C)(C(C)C)C(=O)N2)c(OC(=O)O)c1. The lowest BCUT2D eigenvalue weighted by molar-refractivity contribution is -0.124. The molecule has 0 aromatic carbocycles. The second-order valence-electron chi connectivity index (χ2n) is 5.71. The van der Waals surface area contributed by atoms with Gasteiger partial charge >= 0.3 is 6.16 Å². The first-order valence-electron chi connectivity index (χ1n) is 7.08. The summed E-state index contributed by atoms with van der Waals surface area (Å²) in [6.07, 6.45) is 0.0481. The van der Waals surface area contributed by atoms with Crippen molar-refractivity contribution in [3.05, 3.63) is 23.5 Å². The van der Waals surface area contributed by atoms with Crippen molar-refractivity contribution in [3.8, 4) is 5.75 Å². The van der Waals surface area contributed by atoms with Crippen LogP contribution < -0.4 is 10.1 Å². The van der Waals surface area contributed by atoms with Crippen molar-refractivity contribution in [3.63, 3.8) is 0 Å². The van der Waals surface area contributed by atoms with E-state index in [4.69, 9.17) is 14.6 Å². The molecule has 1 amide bonds. The van der Waals surface area contributed by atoms with E-state index in [-0.39, 0.29) is 35.7 Å². The van der Waals surface area contributed by atoms with Gasteiger partial charge in [0.25, 0.3) is 5.91 Å². The van der Waals surface area contributed by atoms with Crippen LogP contribution in [0.1, 0.15) is 32.0 Å². The zero-order chi connectivity index (χ0) is 17.2. The first-order chi connectivity index (χ1) is 10.8. The predicted octanol–water partition coefficient (Wildman–Crippen LogP) is 1.58. The van der Waals surface area contributed by atoms with E-state index in [1.165, 1.54) is 19.4 Å². The number of methoxy groups -OCH3 is 1. The molecule has 8 heteroatoms. The third-order valence-electron chi connectivity index (χ3n) is 3.80. The van der Waals surface area contributed by atoms with E-state index in [2.05, 4.69) is 15.3 Å². The molecule has 0 fully saturated rings. The average molecular weight is 321 g/mol. The third-order valence-corrected chi connectivity index (χ3v) is 3.80. The number of carboxylic acid groups (broad SMARTS) is 1. The van der Waals surface area contributed by atoms with E-state index >= 15 is 0 Å². The molecule has 1 aromatic rings. The molecule has 0 saturated carbocycles. The lowest BCUT2D eigenvalue weighted by Crippen LogP contribution is -2.41. The number of aliphatic imine (C=N–C) groups is 1. The van der Waals surface area contributed by atoms with E-state index in [1.807, 2.05) is 13.8 Å². The summed E-state index contributed by atoms with van der Waals surface area (Å²) in [7, 11) is 1.51. The van der Waals surface area contributed by atoms with E-state index in [1.54, 1.807) is 6.92 Å². The Morgan fingerprint density at radius 2 is 2.17 bits per heavy atom. The summed E-state index contributed by atoms with van der Waals surface area (Å²) >= 11 is 0. The van der Waals surface area contributed by atoms with Crippen molar-refractivity contribution in [2.24, 2.45) is 10.9 Å². The Hall–Kier alpha value is -2.48. The number of hydrogen-bond donors (Lipinski definition) is 2. The van der Waals surface area contributed by atoms with Gasteiger partial charge in [-0.05, 0) is 24.5 Å². The minimum Gasteiger partial charge on any atom is -0.449 e. The second-order valence-corrected chi connectivity index (χ2v) is 5.71. The highest BCUT2D eigenvalue weighted by molar-refractivity contribution is 6.15. The number of aromatic nitrogens is 1. The highest BCUT2D eigenvalue weighted by atomic mass is 16.7. The van der Waals surface area contributed by atoms with Crippen LogP contribution in [-0.2, 0) is 16.1 Å². The molecule has 1 aliphatic rings. The highest BCUT2D eigenvalue weighted by Gasteiger charge is 2.43. The Balaban J connectivity index is 2.46. The standard InChI is InChI=1S/C15H19N3O5/c1-8(2)15(3)13(19)17-12(18-15)11-10(23-14(20)21)5-9(6-16-11)7-22-4/h5-6,8H,7H2,1-4H3,(H,20,21)(H,17,18,19). The number of amidine groups is 1. The van der Waals surface area contributed by atoms with Gasteiger partial charge in [-0.15, -0.1) is 0 Å². The Morgan fingerprint density at radius 1 is 1.48 bits per heavy atom. The molecule has 8 nitrogen and oxygen atoms in total. The van der Waals surface area contributed by atoms with Crippen LogP contribution in [0, 0.1) is 5.92 Å². The first-order valence-corrected chi connectivity index (χ1v) is 7.08. The van der Waals surface area contributed by atoms with Gasteiger partial charge in [0, 0.05) is 13.3 Å². The lowest BCUT2D eigenvalue weighted by atomic mass is 9.89. The number of amides is 1. The van der Waals surface area contributed by atoms with Gasteiger partial charge < -0.3 is 19.9 Å². The molecule has 2 rings (SSSR count). The number of carbonyl (C=O) groups is 2. The number of nitrogens with one attached hydrogen (secondary N) is 1. The number of rotatable bonds is 5. The minimum absolute atomic E-state index is 0.000828. The molecule has 0 spiro atoms. The maximum absolute atomic E-state index is 12.2. The normalized spacial score (nSPS) is 20.4. The van der Waals surface area contributed by atoms with Crippen LogP contribution in [0.15, 0.2) is 17.3 Å². The van der Waals surface area contributed by atoms with Crippen molar-refractivity contribution >= 4 is 17.9 Å². The van der Waals surface area contributed by atoms with E-state index in [0.717, 1.165) is 0 Å². The lowest BCUT2D eigenvalue weighted by Gasteiger charge is -2.21. The van der Waals surface area contributed by atoms with Crippen LogP contribution in [0.2, 0.25) is 0 Å². The van der Waals surface area contributed by atoms with Gasteiger partial charge in [-0.25, -0.2) is 14.8 Å². The molecule has 124 valence electrons. The monoisotopic (exact) mass is 321 g/mol. The zero-order valence-electron chi connectivity index (χ0n) is 13.4. The summed E-state index contributed by atoms with van der Waals surface area (Å²) in [5, 5.41) is 11.5. The molecule has 0 bridgehead atoms. The Kier molecular flexibility index (Phi) is 4.65. The molecule has 2 N–H and O–H groups in total. The molecule has 2 heterocycles. The highest BCUT2D eigenvalue weighted by Crippen LogP contribution is 2.29. The number of carbonyl (C=O) groups excluding carboxylic acids is 1. The van der Waals surface area contributed by atoms with Crippen LogP contribution in [0.4, 0.5) is 4.79 Å². The zero-order valence-corrected chi connectivity index (χ0v) is 13.4. The third kappa shape index (κ3) is 3.31. The van der Waals surface area contributed by atoms with Gasteiger partial charge in [-0.2, -0.15) is 0 Å². The van der Waals surface area contributed by atoms with Gasteiger partial charge in [0.05, 0.1) is 6.61 Å². The van der Waals surface area contributed by atoms with E-state index in [0.29, 0.717) is 5.56 Å². The summed E-state index contributed by atoms with van der Waals surface area (Å²) in [5.41, 5.74) is -0.114. The fourth-order valence-electron chi connectivity index (χ4n) is 2.13. The van der Waals surface area contributed by atoms with Crippen molar-refractivity contribution in [2.45, 2.75) is 32.9 Å². The molecule has 0 aliphatic carbocycles. The fourth-order valence-corrected chi connectivity index (χ4v) is 2.13. The number of hydrogen-bond acceptors (Lipinski definition) is 6. The summed E-state index contributed by atoms with van der Waals surface area (Å²) in [5.74, 6) is -0.0892. The van der Waals surface area contributed by atoms with Crippen LogP contribution in [0.3, 0.4) is 0 Å². The fraction of sp³-hybridized carbons (Fsp3) is 0.467. The average Bonchev–Trinajstić information content (AvgIpc) is 2.76. The maximum atomic E-state index is 12.2. The number of pyridine rings is 1. The first kappa shape index (κ1) is 16.9.